The Kier molecular flexibility index (Phi) is 6.35. The van der Waals surface area contributed by atoms with E-state index in [0.717, 1.165) is 4.90 Å². The highest BCUT2D eigenvalue weighted by atomic mass is 32.2. The van der Waals surface area contributed by atoms with Crippen LogP contribution in [0.1, 0.15) is 26.7 Å². The molecule has 5 heteroatoms. The molecule has 0 radical (unpaired) electrons. The molecule has 3 rings (SSSR count). The van der Waals surface area contributed by atoms with Crippen LogP contribution in [0.25, 0.3) is 10.8 Å². The molecule has 2 atom stereocenters. The number of rotatable bonds is 5. The summed E-state index contributed by atoms with van der Waals surface area (Å²) in [4.78, 5) is 25.2. The van der Waals surface area contributed by atoms with Gasteiger partial charge in [-0.05, 0) is 42.8 Å². The Labute approximate surface area is 163 Å². The molecule has 1 aliphatic carbocycles. The van der Waals surface area contributed by atoms with E-state index in [0.29, 0.717) is 18.6 Å². The largest absolute Gasteiger partial charge is 0.415 e. The molecule has 2 aromatic rings. The molecule has 0 saturated heterocycles. The zero-order valence-corrected chi connectivity index (χ0v) is 16.3. The van der Waals surface area contributed by atoms with Crippen LogP contribution in [0.5, 0.6) is 0 Å². The first-order valence-electron chi connectivity index (χ1n) is 9.00. The summed E-state index contributed by atoms with van der Waals surface area (Å²) in [6.45, 7) is 3.61. The van der Waals surface area contributed by atoms with Crippen LogP contribution < -0.4 is 5.32 Å². The van der Waals surface area contributed by atoms with Crippen LogP contribution in [0.2, 0.25) is 0 Å². The molecule has 1 amide bonds. The normalized spacial score (nSPS) is 20.4. The molecular weight excluding hydrogens is 358 g/mol. The van der Waals surface area contributed by atoms with E-state index in [2.05, 4.69) is 35.6 Å². The summed E-state index contributed by atoms with van der Waals surface area (Å²) in [5.74, 6) is 0.674. The number of amides is 1. The van der Waals surface area contributed by atoms with Crippen LogP contribution >= 0.6 is 11.8 Å². The van der Waals surface area contributed by atoms with Gasteiger partial charge in [0.1, 0.15) is 11.5 Å². The summed E-state index contributed by atoms with van der Waals surface area (Å²) in [5, 5.41) is 5.22. The molecule has 0 aliphatic heterocycles. The highest BCUT2D eigenvalue weighted by Crippen LogP contribution is 2.35. The first kappa shape index (κ1) is 19.2. The van der Waals surface area contributed by atoms with E-state index >= 15 is 0 Å². The standard InChI is InChI=1S/C22H23NO3S/c1-3-4-7-15(2)26-22(25)23-20-13-18(24)14-21(20)27-19-11-10-16-8-5-6-9-17(16)12-19/h3-12,20-21H,13-14H2,1-2H3,(H,23,25)/b4-3-,15-7+/t20-,21+/m1/s1. The molecular formula is C22H23NO3S. The van der Waals surface area contributed by atoms with Crippen molar-refractivity contribution in [3.05, 3.63) is 66.5 Å². The van der Waals surface area contributed by atoms with Crippen molar-refractivity contribution in [3.63, 3.8) is 0 Å². The van der Waals surface area contributed by atoms with Gasteiger partial charge in [-0.1, -0.05) is 42.5 Å². The second-order valence-electron chi connectivity index (χ2n) is 6.56. The molecule has 0 bridgehead atoms. The van der Waals surface area contributed by atoms with Gasteiger partial charge in [-0.25, -0.2) is 4.79 Å². The maximum absolute atomic E-state index is 12.1. The van der Waals surface area contributed by atoms with Crippen molar-refractivity contribution >= 4 is 34.4 Å². The summed E-state index contributed by atoms with van der Waals surface area (Å²) >= 11 is 1.64. The number of benzene rings is 2. The summed E-state index contributed by atoms with van der Waals surface area (Å²) in [5.41, 5.74) is 0. The second kappa shape index (κ2) is 8.91. The monoisotopic (exact) mass is 381 g/mol. The fourth-order valence-electron chi connectivity index (χ4n) is 3.10. The third-order valence-corrected chi connectivity index (χ3v) is 5.74. The Morgan fingerprint density at radius 1 is 1.19 bits per heavy atom. The van der Waals surface area contributed by atoms with Crippen LogP contribution in [0.3, 0.4) is 0 Å². The number of nitrogens with one attached hydrogen (secondary N) is 1. The van der Waals surface area contributed by atoms with Gasteiger partial charge >= 0.3 is 6.09 Å². The van der Waals surface area contributed by atoms with Gasteiger partial charge < -0.3 is 10.1 Å². The van der Waals surface area contributed by atoms with Gasteiger partial charge in [-0.2, -0.15) is 0 Å². The lowest BCUT2D eigenvalue weighted by atomic mass is 10.1. The molecule has 0 heterocycles. The van der Waals surface area contributed by atoms with E-state index in [4.69, 9.17) is 4.74 Å². The lowest BCUT2D eigenvalue weighted by Gasteiger charge is -2.19. The fraction of sp³-hybridized carbons (Fsp3) is 0.273. The Morgan fingerprint density at radius 2 is 1.96 bits per heavy atom. The Hall–Kier alpha value is -2.53. The molecule has 4 nitrogen and oxygen atoms in total. The molecule has 2 aromatic carbocycles. The number of ether oxygens (including phenoxy) is 1. The number of hydrogen-bond donors (Lipinski definition) is 1. The van der Waals surface area contributed by atoms with Crippen molar-refractivity contribution in [2.45, 2.75) is 42.9 Å². The Balaban J connectivity index is 1.66. The maximum atomic E-state index is 12.1. The molecule has 140 valence electrons. The van der Waals surface area contributed by atoms with Crippen molar-refractivity contribution in [2.24, 2.45) is 0 Å². The van der Waals surface area contributed by atoms with Gasteiger partial charge in [0.2, 0.25) is 0 Å². The van der Waals surface area contributed by atoms with Gasteiger partial charge in [-0.3, -0.25) is 4.79 Å². The van der Waals surface area contributed by atoms with E-state index in [1.165, 1.54) is 10.8 Å². The minimum Gasteiger partial charge on any atom is -0.415 e. The van der Waals surface area contributed by atoms with Gasteiger partial charge in [-0.15, -0.1) is 11.8 Å². The predicted molar refractivity (Wildman–Crippen MR) is 110 cm³/mol. The van der Waals surface area contributed by atoms with E-state index in [9.17, 15) is 9.59 Å². The molecule has 1 N–H and O–H groups in total. The van der Waals surface area contributed by atoms with Crippen LogP contribution in [0.4, 0.5) is 4.79 Å². The maximum Gasteiger partial charge on any atom is 0.412 e. The number of alkyl carbamates (subject to hydrolysis) is 1. The predicted octanol–water partition coefficient (Wildman–Crippen LogP) is 5.24. The molecule has 1 saturated carbocycles. The number of fused-ring (bicyclic) bond motifs is 1. The highest BCUT2D eigenvalue weighted by Gasteiger charge is 2.35. The molecule has 0 aromatic heterocycles. The van der Waals surface area contributed by atoms with Gasteiger partial charge in [0.15, 0.2) is 0 Å². The topological polar surface area (TPSA) is 55.4 Å². The third kappa shape index (κ3) is 5.23. The lowest BCUT2D eigenvalue weighted by Crippen LogP contribution is -2.38. The van der Waals surface area contributed by atoms with Crippen molar-refractivity contribution in [1.29, 1.82) is 0 Å². The quantitative estimate of drug-likeness (QED) is 0.568. The minimum absolute atomic E-state index is 0.00559. The number of thioether (sulfide) groups is 1. The molecule has 27 heavy (non-hydrogen) atoms. The smallest absolute Gasteiger partial charge is 0.412 e. The lowest BCUT2D eigenvalue weighted by molar-refractivity contribution is -0.117. The molecule has 0 spiro atoms. The summed E-state index contributed by atoms with van der Waals surface area (Å²) < 4.78 is 5.25. The van der Waals surface area contributed by atoms with Crippen LogP contribution in [-0.4, -0.2) is 23.2 Å². The van der Waals surface area contributed by atoms with Gasteiger partial charge in [0, 0.05) is 23.0 Å². The van der Waals surface area contributed by atoms with E-state index < -0.39 is 6.09 Å². The van der Waals surface area contributed by atoms with E-state index in [-0.39, 0.29) is 17.1 Å². The minimum atomic E-state index is -0.517. The van der Waals surface area contributed by atoms with E-state index in [1.54, 1.807) is 30.8 Å². The SMILES string of the molecule is C/C=C\C=C(/C)OC(=O)N[C@@H]1CC(=O)C[C@@H]1Sc1ccc2ccccc2c1. The van der Waals surface area contributed by atoms with Gasteiger partial charge in [0.05, 0.1) is 6.04 Å². The van der Waals surface area contributed by atoms with Crippen molar-refractivity contribution in [2.75, 3.05) is 0 Å². The number of carbonyl (C=O) groups excluding carboxylic acids is 2. The summed E-state index contributed by atoms with van der Waals surface area (Å²) in [7, 11) is 0. The van der Waals surface area contributed by atoms with Crippen LogP contribution in [0.15, 0.2) is 71.3 Å². The summed E-state index contributed by atoms with van der Waals surface area (Å²) in [6.07, 6.45) is 5.67. The molecule has 1 fully saturated rings. The fourth-order valence-corrected chi connectivity index (χ4v) is 4.39. The Bertz CT molecular complexity index is 903. The number of allylic oxidation sites excluding steroid dienone is 4. The van der Waals surface area contributed by atoms with Crippen molar-refractivity contribution in [3.8, 4) is 0 Å². The van der Waals surface area contributed by atoms with Crippen molar-refractivity contribution < 1.29 is 14.3 Å². The molecule has 1 aliphatic rings. The van der Waals surface area contributed by atoms with Gasteiger partial charge in [0.25, 0.3) is 0 Å². The Morgan fingerprint density at radius 3 is 2.74 bits per heavy atom. The third-order valence-electron chi connectivity index (χ3n) is 4.41. The first-order valence-corrected chi connectivity index (χ1v) is 9.88. The number of ketones is 1. The zero-order valence-electron chi connectivity index (χ0n) is 15.5. The highest BCUT2D eigenvalue weighted by molar-refractivity contribution is 8.00. The van der Waals surface area contributed by atoms with Crippen LogP contribution in [0, 0.1) is 0 Å². The second-order valence-corrected chi connectivity index (χ2v) is 7.87. The number of Topliss-reactive ketones (excluding diaryl/α,β-unsaturated/α-hetero) is 1. The average Bonchev–Trinajstić information content (AvgIpc) is 2.98. The number of hydrogen-bond acceptors (Lipinski definition) is 4. The van der Waals surface area contributed by atoms with Crippen LogP contribution in [-0.2, 0) is 9.53 Å². The molecule has 0 unspecified atom stereocenters. The first-order chi connectivity index (χ1) is 13.0. The average molecular weight is 381 g/mol. The van der Waals surface area contributed by atoms with E-state index in [1.807, 2.05) is 25.1 Å². The summed E-state index contributed by atoms with van der Waals surface area (Å²) in [6, 6.07) is 14.2. The number of carbonyl (C=O) groups is 2. The zero-order chi connectivity index (χ0) is 19.2. The van der Waals surface area contributed by atoms with Crippen molar-refractivity contribution in [1.82, 2.24) is 5.32 Å².